The maximum Gasteiger partial charge on any atom is 0.336 e. The molecular formula is C13H16ClNO5S. The second kappa shape index (κ2) is 6.31. The first-order valence-corrected chi connectivity index (χ1v) is 8.15. The molecule has 21 heavy (non-hydrogen) atoms. The van der Waals surface area contributed by atoms with Gasteiger partial charge in [-0.05, 0) is 31.2 Å². The third-order valence-corrected chi connectivity index (χ3v) is 5.24. The van der Waals surface area contributed by atoms with Gasteiger partial charge in [0.25, 0.3) is 0 Å². The number of ether oxygens (including phenoxy) is 2. The molecule has 0 N–H and O–H groups in total. The SMILES string of the molecule is COC(=O)[C@H]1CN(S(=O)(=O)c2ccc(Cl)cc2)C[C@@H](C)O1. The number of carbonyl (C=O) groups is 1. The van der Waals surface area contributed by atoms with Crippen LogP contribution >= 0.6 is 11.6 Å². The Balaban J connectivity index is 2.26. The van der Waals surface area contributed by atoms with Gasteiger partial charge in [-0.2, -0.15) is 4.31 Å². The first-order chi connectivity index (χ1) is 9.84. The number of halogens is 1. The Morgan fingerprint density at radius 1 is 1.33 bits per heavy atom. The summed E-state index contributed by atoms with van der Waals surface area (Å²) in [5.41, 5.74) is 0. The number of hydrogen-bond acceptors (Lipinski definition) is 5. The smallest absolute Gasteiger partial charge is 0.336 e. The molecule has 0 bridgehead atoms. The Labute approximate surface area is 128 Å². The molecule has 0 spiro atoms. The van der Waals surface area contributed by atoms with Crippen LogP contribution in [0.4, 0.5) is 0 Å². The predicted molar refractivity (Wildman–Crippen MR) is 76.6 cm³/mol. The molecule has 6 nitrogen and oxygen atoms in total. The van der Waals surface area contributed by atoms with Gasteiger partial charge in [0.15, 0.2) is 6.10 Å². The molecule has 0 amide bonds. The van der Waals surface area contributed by atoms with Crippen LogP contribution in [0.1, 0.15) is 6.92 Å². The minimum atomic E-state index is -3.70. The van der Waals surface area contributed by atoms with Gasteiger partial charge in [0.2, 0.25) is 10.0 Å². The number of methoxy groups -OCH3 is 1. The molecule has 116 valence electrons. The molecule has 1 aromatic rings. The summed E-state index contributed by atoms with van der Waals surface area (Å²) in [5.74, 6) is -0.585. The van der Waals surface area contributed by atoms with Crippen molar-refractivity contribution in [3.05, 3.63) is 29.3 Å². The number of nitrogens with zero attached hydrogens (tertiary/aromatic N) is 1. The zero-order valence-electron chi connectivity index (χ0n) is 11.7. The minimum absolute atomic E-state index is 0.0675. The van der Waals surface area contributed by atoms with Crippen molar-refractivity contribution in [1.82, 2.24) is 4.31 Å². The molecule has 0 unspecified atom stereocenters. The van der Waals surface area contributed by atoms with Crippen molar-refractivity contribution < 1.29 is 22.7 Å². The van der Waals surface area contributed by atoms with Crippen LogP contribution in [-0.2, 0) is 24.3 Å². The number of rotatable bonds is 3. The molecule has 1 aliphatic rings. The van der Waals surface area contributed by atoms with Crippen molar-refractivity contribution in [2.24, 2.45) is 0 Å². The predicted octanol–water partition coefficient (Wildman–Crippen LogP) is 1.29. The van der Waals surface area contributed by atoms with Crippen molar-refractivity contribution in [3.8, 4) is 0 Å². The second-order valence-electron chi connectivity index (χ2n) is 4.73. The van der Waals surface area contributed by atoms with Gasteiger partial charge in [0, 0.05) is 11.6 Å². The van der Waals surface area contributed by atoms with Crippen molar-refractivity contribution in [3.63, 3.8) is 0 Å². The van der Waals surface area contributed by atoms with Crippen molar-refractivity contribution in [1.29, 1.82) is 0 Å². The van der Waals surface area contributed by atoms with Crippen molar-refractivity contribution in [2.75, 3.05) is 20.2 Å². The quantitative estimate of drug-likeness (QED) is 0.779. The summed E-state index contributed by atoms with van der Waals surface area (Å²) in [6, 6.07) is 5.89. The highest BCUT2D eigenvalue weighted by molar-refractivity contribution is 7.89. The second-order valence-corrected chi connectivity index (χ2v) is 7.11. The monoisotopic (exact) mass is 333 g/mol. The fourth-order valence-corrected chi connectivity index (χ4v) is 3.77. The Morgan fingerprint density at radius 2 is 1.95 bits per heavy atom. The molecule has 0 saturated carbocycles. The van der Waals surface area contributed by atoms with Crippen LogP contribution in [0.2, 0.25) is 5.02 Å². The number of sulfonamides is 1. The first kappa shape index (κ1) is 16.2. The Kier molecular flexibility index (Phi) is 4.88. The summed E-state index contributed by atoms with van der Waals surface area (Å²) < 4.78 is 36.4. The third kappa shape index (κ3) is 3.55. The average molecular weight is 334 g/mol. The summed E-state index contributed by atoms with van der Waals surface area (Å²) in [4.78, 5) is 11.7. The van der Waals surface area contributed by atoms with Crippen LogP contribution in [0.15, 0.2) is 29.2 Å². The van der Waals surface area contributed by atoms with E-state index in [1.165, 1.54) is 35.7 Å². The van der Waals surface area contributed by atoms with Crippen LogP contribution in [0.3, 0.4) is 0 Å². The third-order valence-electron chi connectivity index (χ3n) is 3.14. The van der Waals surface area contributed by atoms with E-state index in [9.17, 15) is 13.2 Å². The van der Waals surface area contributed by atoms with Gasteiger partial charge >= 0.3 is 5.97 Å². The Hall–Kier alpha value is -1.15. The van der Waals surface area contributed by atoms with E-state index in [2.05, 4.69) is 4.74 Å². The molecular weight excluding hydrogens is 318 g/mol. The van der Waals surface area contributed by atoms with E-state index in [1.54, 1.807) is 6.92 Å². The first-order valence-electron chi connectivity index (χ1n) is 6.33. The fraction of sp³-hybridized carbons (Fsp3) is 0.462. The van der Waals surface area contributed by atoms with Gasteiger partial charge < -0.3 is 9.47 Å². The molecule has 1 saturated heterocycles. The maximum atomic E-state index is 12.6. The van der Waals surface area contributed by atoms with Crippen molar-refractivity contribution >= 4 is 27.6 Å². The van der Waals surface area contributed by atoms with Crippen LogP contribution in [0.25, 0.3) is 0 Å². The van der Waals surface area contributed by atoms with E-state index in [-0.39, 0.29) is 18.0 Å². The molecule has 2 atom stereocenters. The normalized spacial score (nSPS) is 23.8. The Morgan fingerprint density at radius 3 is 2.52 bits per heavy atom. The maximum absolute atomic E-state index is 12.6. The van der Waals surface area contributed by atoms with E-state index < -0.39 is 28.2 Å². The lowest BCUT2D eigenvalue weighted by atomic mass is 10.2. The number of esters is 1. The number of benzene rings is 1. The number of carbonyl (C=O) groups excluding carboxylic acids is 1. The lowest BCUT2D eigenvalue weighted by molar-refractivity contribution is -0.162. The fourth-order valence-electron chi connectivity index (χ4n) is 2.13. The Bertz CT molecular complexity index is 616. The van der Waals surface area contributed by atoms with Crippen LogP contribution < -0.4 is 0 Å². The summed E-state index contributed by atoms with van der Waals surface area (Å²) in [6.45, 7) is 1.82. The van der Waals surface area contributed by atoms with Gasteiger partial charge in [-0.15, -0.1) is 0 Å². The summed E-state index contributed by atoms with van der Waals surface area (Å²) in [7, 11) is -2.46. The van der Waals surface area contributed by atoms with Crippen LogP contribution in [0, 0.1) is 0 Å². The van der Waals surface area contributed by atoms with Gasteiger partial charge in [-0.1, -0.05) is 11.6 Å². The topological polar surface area (TPSA) is 72.9 Å². The standard InChI is InChI=1S/C13H16ClNO5S/c1-9-7-15(8-12(20-9)13(16)19-2)21(17,18)11-5-3-10(14)4-6-11/h3-6,9,12H,7-8H2,1-2H3/t9-,12-/m1/s1. The van der Waals surface area contributed by atoms with E-state index in [0.29, 0.717) is 5.02 Å². The van der Waals surface area contributed by atoms with Gasteiger partial charge in [-0.25, -0.2) is 13.2 Å². The molecule has 2 rings (SSSR count). The number of morpholine rings is 1. The zero-order chi connectivity index (χ0) is 15.6. The van der Waals surface area contributed by atoms with Crippen LogP contribution in [0.5, 0.6) is 0 Å². The highest BCUT2D eigenvalue weighted by atomic mass is 35.5. The number of hydrogen-bond donors (Lipinski definition) is 0. The highest BCUT2D eigenvalue weighted by Gasteiger charge is 2.37. The largest absolute Gasteiger partial charge is 0.467 e. The summed E-state index contributed by atoms with van der Waals surface area (Å²) >= 11 is 5.76. The molecule has 8 heteroatoms. The summed E-state index contributed by atoms with van der Waals surface area (Å²) in [5, 5.41) is 0.455. The molecule has 0 aliphatic carbocycles. The minimum Gasteiger partial charge on any atom is -0.467 e. The lowest BCUT2D eigenvalue weighted by Crippen LogP contribution is -2.51. The molecule has 1 aliphatic heterocycles. The molecule has 1 fully saturated rings. The van der Waals surface area contributed by atoms with Gasteiger partial charge in [0.05, 0.1) is 24.7 Å². The average Bonchev–Trinajstić information content (AvgIpc) is 2.46. The summed E-state index contributed by atoms with van der Waals surface area (Å²) in [6.07, 6.45) is -1.31. The molecule has 1 heterocycles. The van der Waals surface area contributed by atoms with E-state index >= 15 is 0 Å². The van der Waals surface area contributed by atoms with Crippen LogP contribution in [-0.4, -0.2) is 51.1 Å². The molecule has 0 radical (unpaired) electrons. The van der Waals surface area contributed by atoms with E-state index in [0.717, 1.165) is 0 Å². The van der Waals surface area contributed by atoms with E-state index in [1.807, 2.05) is 0 Å². The van der Waals surface area contributed by atoms with E-state index in [4.69, 9.17) is 16.3 Å². The molecule has 0 aromatic heterocycles. The van der Waals surface area contributed by atoms with Gasteiger partial charge in [0.1, 0.15) is 0 Å². The van der Waals surface area contributed by atoms with Crippen molar-refractivity contribution in [2.45, 2.75) is 24.0 Å². The molecule has 1 aromatic carbocycles. The van der Waals surface area contributed by atoms with Gasteiger partial charge in [-0.3, -0.25) is 0 Å². The highest BCUT2D eigenvalue weighted by Crippen LogP contribution is 2.22. The lowest BCUT2D eigenvalue weighted by Gasteiger charge is -2.34. The zero-order valence-corrected chi connectivity index (χ0v) is 13.2.